The van der Waals surface area contributed by atoms with Crippen molar-refractivity contribution in [1.82, 2.24) is 5.01 Å². The number of hydrazone groups is 1. The third kappa shape index (κ3) is 2.43. The number of nitro benzene ring substituents is 1. The third-order valence-electron chi connectivity index (χ3n) is 6.68. The number of hydrogen-bond donors (Lipinski definition) is 0. The molecule has 2 saturated carbocycles. The number of carbonyl (C=O) groups is 2. The summed E-state index contributed by atoms with van der Waals surface area (Å²) in [6, 6.07) is 2.63. The van der Waals surface area contributed by atoms with Crippen LogP contribution in [0.4, 0.5) is 5.69 Å². The van der Waals surface area contributed by atoms with E-state index in [1.807, 2.05) is 0 Å². The van der Waals surface area contributed by atoms with Gasteiger partial charge in [0.05, 0.1) is 48.8 Å². The van der Waals surface area contributed by atoms with Crippen molar-refractivity contribution in [3.05, 3.63) is 40.0 Å². The molecule has 4 aliphatic carbocycles. The van der Waals surface area contributed by atoms with Gasteiger partial charge in [0.1, 0.15) is 0 Å². The van der Waals surface area contributed by atoms with Crippen LogP contribution in [0.2, 0.25) is 0 Å². The van der Waals surface area contributed by atoms with Crippen LogP contribution in [0.1, 0.15) is 12.0 Å². The number of amides is 2. The highest BCUT2D eigenvalue weighted by Crippen LogP contribution is 2.65. The van der Waals surface area contributed by atoms with Gasteiger partial charge in [-0.2, -0.15) is 10.1 Å². The minimum atomic E-state index is -0.575. The summed E-state index contributed by atoms with van der Waals surface area (Å²) in [6.07, 6.45) is 6.41. The molecule has 6 atom stereocenters. The minimum Gasteiger partial charge on any atom is -0.493 e. The minimum absolute atomic E-state index is 0.0991. The standard InChI is InChI=1S/C20H19N3O6/c1-28-15-5-9(14(23(26)27)7-16(15)29-2)8-21-22-19(24)17-10-3-4-11(13-6-12(10)13)18(17)20(22)25/h3-5,7-8,10-13,17-18H,6H2,1-2H3/b21-8+. The molecule has 2 bridgehead atoms. The molecular weight excluding hydrogens is 378 g/mol. The van der Waals surface area contributed by atoms with Gasteiger partial charge in [-0.1, -0.05) is 12.2 Å². The Kier molecular flexibility index (Phi) is 3.77. The smallest absolute Gasteiger partial charge is 0.282 e. The van der Waals surface area contributed by atoms with Crippen molar-refractivity contribution in [3.63, 3.8) is 0 Å². The van der Waals surface area contributed by atoms with Gasteiger partial charge in [-0.15, -0.1) is 0 Å². The van der Waals surface area contributed by atoms with Gasteiger partial charge < -0.3 is 9.47 Å². The Bertz CT molecular complexity index is 966. The summed E-state index contributed by atoms with van der Waals surface area (Å²) in [5, 5.41) is 16.4. The predicted molar refractivity (Wildman–Crippen MR) is 100 cm³/mol. The molecule has 0 aromatic heterocycles. The van der Waals surface area contributed by atoms with Gasteiger partial charge in [-0.25, -0.2) is 0 Å². The molecule has 6 unspecified atom stereocenters. The molecule has 1 aromatic rings. The Morgan fingerprint density at radius 3 is 2.14 bits per heavy atom. The van der Waals surface area contributed by atoms with Gasteiger partial charge in [-0.3, -0.25) is 19.7 Å². The number of nitrogens with zero attached hydrogens (tertiary/aromatic N) is 3. The van der Waals surface area contributed by atoms with E-state index in [2.05, 4.69) is 17.3 Å². The summed E-state index contributed by atoms with van der Waals surface area (Å²) < 4.78 is 10.3. The van der Waals surface area contributed by atoms with Crippen molar-refractivity contribution in [2.75, 3.05) is 14.2 Å². The number of nitro groups is 1. The zero-order valence-corrected chi connectivity index (χ0v) is 15.8. The Labute approximate surface area is 166 Å². The molecular formula is C20H19N3O6. The van der Waals surface area contributed by atoms with Crippen LogP contribution < -0.4 is 9.47 Å². The molecule has 1 saturated heterocycles. The molecule has 9 nitrogen and oxygen atoms in total. The van der Waals surface area contributed by atoms with Gasteiger partial charge in [-0.05, 0) is 36.2 Å². The van der Waals surface area contributed by atoms with Crippen LogP contribution in [0.5, 0.6) is 11.5 Å². The number of allylic oxidation sites excluding steroid dienone is 2. The molecule has 1 heterocycles. The highest BCUT2D eigenvalue weighted by molar-refractivity contribution is 6.06. The average molecular weight is 397 g/mol. The van der Waals surface area contributed by atoms with Gasteiger partial charge in [0.25, 0.3) is 17.5 Å². The van der Waals surface area contributed by atoms with Crippen molar-refractivity contribution in [2.45, 2.75) is 6.42 Å². The molecule has 6 rings (SSSR count). The molecule has 0 spiro atoms. The monoisotopic (exact) mass is 397 g/mol. The van der Waals surface area contributed by atoms with Crippen molar-refractivity contribution in [3.8, 4) is 11.5 Å². The Balaban J connectivity index is 1.48. The lowest BCUT2D eigenvalue weighted by molar-refractivity contribution is -0.385. The van der Waals surface area contributed by atoms with E-state index in [4.69, 9.17) is 9.47 Å². The fraction of sp³-hybridized carbons (Fsp3) is 0.450. The van der Waals surface area contributed by atoms with E-state index in [9.17, 15) is 19.7 Å². The SMILES string of the molecule is COc1cc(/C=N/N2C(=O)C3C4C=CC(C5CC45)C3C2=O)c([N+](=O)[O-])cc1OC. The predicted octanol–water partition coefficient (Wildman–Crippen LogP) is 2.00. The first-order valence-corrected chi connectivity index (χ1v) is 9.46. The molecule has 0 radical (unpaired) electrons. The molecule has 3 fully saturated rings. The maximum Gasteiger partial charge on any atom is 0.282 e. The number of ether oxygens (including phenoxy) is 2. The zero-order chi connectivity index (χ0) is 20.4. The third-order valence-corrected chi connectivity index (χ3v) is 6.68. The Hall–Kier alpha value is -3.23. The summed E-state index contributed by atoms with van der Waals surface area (Å²) >= 11 is 0. The molecule has 29 heavy (non-hydrogen) atoms. The molecule has 2 amide bonds. The number of imide groups is 1. The lowest BCUT2D eigenvalue weighted by Crippen LogP contribution is -2.40. The summed E-state index contributed by atoms with van der Waals surface area (Å²) in [4.78, 5) is 36.8. The van der Waals surface area contributed by atoms with Crippen LogP contribution in [0.25, 0.3) is 0 Å². The van der Waals surface area contributed by atoms with Crippen molar-refractivity contribution in [2.24, 2.45) is 40.6 Å². The van der Waals surface area contributed by atoms with E-state index < -0.39 is 4.92 Å². The molecule has 1 aromatic carbocycles. The number of methoxy groups -OCH3 is 2. The van der Waals surface area contributed by atoms with Gasteiger partial charge >= 0.3 is 0 Å². The maximum absolute atomic E-state index is 12.9. The number of carbonyl (C=O) groups excluding carboxylic acids is 2. The lowest BCUT2D eigenvalue weighted by atomic mass is 9.63. The zero-order valence-electron chi connectivity index (χ0n) is 15.8. The number of benzene rings is 1. The summed E-state index contributed by atoms with van der Waals surface area (Å²) in [5.41, 5.74) is -0.141. The van der Waals surface area contributed by atoms with Crippen LogP contribution in [0, 0.1) is 45.6 Å². The topological polar surface area (TPSA) is 111 Å². The second-order valence-electron chi connectivity index (χ2n) is 7.91. The first-order valence-electron chi connectivity index (χ1n) is 9.46. The molecule has 0 N–H and O–H groups in total. The first-order chi connectivity index (χ1) is 14.0. The molecule has 150 valence electrons. The van der Waals surface area contributed by atoms with Gasteiger partial charge in [0.2, 0.25) is 0 Å². The Morgan fingerprint density at radius 1 is 1.07 bits per heavy atom. The number of hydrogen-bond acceptors (Lipinski definition) is 7. The summed E-state index contributed by atoms with van der Waals surface area (Å²) in [6.45, 7) is 0. The lowest BCUT2D eigenvalue weighted by Gasteiger charge is -2.37. The van der Waals surface area contributed by atoms with Crippen LogP contribution in [-0.4, -0.2) is 42.2 Å². The highest BCUT2D eigenvalue weighted by Gasteiger charge is 2.67. The van der Waals surface area contributed by atoms with E-state index in [0.29, 0.717) is 11.8 Å². The van der Waals surface area contributed by atoms with E-state index in [0.717, 1.165) is 11.4 Å². The van der Waals surface area contributed by atoms with Gasteiger partial charge in [0.15, 0.2) is 11.5 Å². The Morgan fingerprint density at radius 2 is 1.62 bits per heavy atom. The number of rotatable bonds is 5. The molecule has 1 aliphatic heterocycles. The summed E-state index contributed by atoms with van der Waals surface area (Å²) in [7, 11) is 2.79. The second-order valence-corrected chi connectivity index (χ2v) is 7.91. The first kappa shape index (κ1) is 17.8. The normalized spacial score (nSPS) is 33.8. The van der Waals surface area contributed by atoms with Crippen LogP contribution in [-0.2, 0) is 9.59 Å². The quantitative estimate of drug-likeness (QED) is 0.247. The average Bonchev–Trinajstić information content (AvgIpc) is 3.50. The highest BCUT2D eigenvalue weighted by atomic mass is 16.6. The fourth-order valence-corrected chi connectivity index (χ4v) is 5.32. The molecule has 5 aliphatic rings. The van der Waals surface area contributed by atoms with Crippen LogP contribution >= 0.6 is 0 Å². The van der Waals surface area contributed by atoms with Gasteiger partial charge in [0, 0.05) is 0 Å². The maximum atomic E-state index is 12.9. The van der Waals surface area contributed by atoms with Crippen LogP contribution in [0.3, 0.4) is 0 Å². The fourth-order valence-electron chi connectivity index (χ4n) is 5.32. The molecule has 9 heteroatoms. The van der Waals surface area contributed by atoms with E-state index in [1.165, 1.54) is 32.6 Å². The van der Waals surface area contributed by atoms with E-state index >= 15 is 0 Å². The second kappa shape index (κ2) is 6.13. The van der Waals surface area contributed by atoms with E-state index in [1.54, 1.807) is 0 Å². The van der Waals surface area contributed by atoms with Crippen LogP contribution in [0.15, 0.2) is 29.4 Å². The van der Waals surface area contributed by atoms with E-state index in [-0.39, 0.29) is 58.2 Å². The van der Waals surface area contributed by atoms with Crippen molar-refractivity contribution >= 4 is 23.7 Å². The van der Waals surface area contributed by atoms with Crippen molar-refractivity contribution < 1.29 is 24.0 Å². The van der Waals surface area contributed by atoms with Crippen molar-refractivity contribution in [1.29, 1.82) is 0 Å². The summed E-state index contributed by atoms with van der Waals surface area (Å²) in [5.74, 6) is 0.333. The largest absolute Gasteiger partial charge is 0.493 e.